The Balaban J connectivity index is 2.52. The van der Waals surface area contributed by atoms with Crippen molar-refractivity contribution in [1.82, 2.24) is 4.98 Å². The van der Waals surface area contributed by atoms with Crippen molar-refractivity contribution in [2.75, 3.05) is 4.90 Å². The highest BCUT2D eigenvalue weighted by molar-refractivity contribution is 6.01. The van der Waals surface area contributed by atoms with Gasteiger partial charge in [0.25, 0.3) is 0 Å². The molecule has 0 spiro atoms. The fraction of sp³-hybridized carbons (Fsp3) is 0.333. The van der Waals surface area contributed by atoms with Crippen molar-refractivity contribution >= 4 is 34.9 Å². The number of aldehydes is 1. The number of hydrogen-bond donors (Lipinski definition) is 2. The Kier molecular flexibility index (Phi) is 5.82. The third-order valence-corrected chi connectivity index (χ3v) is 3.94. The van der Waals surface area contributed by atoms with Gasteiger partial charge in [-0.25, -0.2) is 4.98 Å². The lowest BCUT2D eigenvalue weighted by Crippen LogP contribution is -2.52. The summed E-state index contributed by atoms with van der Waals surface area (Å²) < 4.78 is 0. The first kappa shape index (κ1) is 18.5. The summed E-state index contributed by atoms with van der Waals surface area (Å²) in [7, 11) is 0. The largest absolute Gasteiger partial charge is 0.481 e. The lowest BCUT2D eigenvalue weighted by Gasteiger charge is -2.30. The molecule has 1 heterocycles. The Hall–Kier alpha value is -2.80. The van der Waals surface area contributed by atoms with E-state index in [0.29, 0.717) is 11.8 Å². The number of carboxylic acids is 1. The van der Waals surface area contributed by atoms with Crippen LogP contribution in [0.5, 0.6) is 0 Å². The highest BCUT2D eigenvalue weighted by Crippen LogP contribution is 2.22. The quantitative estimate of drug-likeness (QED) is 0.738. The number of pyridine rings is 1. The lowest BCUT2D eigenvalue weighted by molar-refractivity contribution is -0.138. The van der Waals surface area contributed by atoms with Crippen molar-refractivity contribution in [3.63, 3.8) is 0 Å². The van der Waals surface area contributed by atoms with Crippen molar-refractivity contribution < 1.29 is 19.5 Å². The molecular weight excluding hydrogens is 322 g/mol. The fourth-order valence-electron chi connectivity index (χ4n) is 2.46. The van der Waals surface area contributed by atoms with Gasteiger partial charge in [-0.2, -0.15) is 0 Å². The van der Waals surface area contributed by atoms with E-state index in [1.807, 2.05) is 12.1 Å². The molecular formula is C18H21N3O4. The van der Waals surface area contributed by atoms with Crippen LogP contribution in [0.1, 0.15) is 20.3 Å². The summed E-state index contributed by atoms with van der Waals surface area (Å²) in [6.45, 7) is 3.56. The fourth-order valence-corrected chi connectivity index (χ4v) is 2.46. The molecule has 0 radical (unpaired) electrons. The zero-order valence-electron chi connectivity index (χ0n) is 14.1. The second-order valence-corrected chi connectivity index (χ2v) is 6.14. The van der Waals surface area contributed by atoms with Gasteiger partial charge in [-0.1, -0.05) is 32.0 Å². The van der Waals surface area contributed by atoms with Gasteiger partial charge >= 0.3 is 5.97 Å². The van der Waals surface area contributed by atoms with Crippen molar-refractivity contribution in [2.45, 2.75) is 32.4 Å². The first-order chi connectivity index (χ1) is 11.8. The Morgan fingerprint density at radius 2 is 1.92 bits per heavy atom. The molecule has 7 heteroatoms. The Morgan fingerprint density at radius 3 is 2.52 bits per heavy atom. The standard InChI is InChI=1S/C18H21N3O4/c1-11(2)17(19)18(25)21(13(10-22)9-16(23)24)15-8-7-12-5-3-4-6-14(12)20-15/h3-8,10-11,13,17H,9,19H2,1-2H3,(H,23,24)/t13-,17-/m0/s1. The van der Waals surface area contributed by atoms with Gasteiger partial charge in [-0.15, -0.1) is 0 Å². The van der Waals surface area contributed by atoms with Crippen LogP contribution in [0, 0.1) is 5.92 Å². The molecule has 0 aliphatic carbocycles. The van der Waals surface area contributed by atoms with E-state index >= 15 is 0 Å². The van der Waals surface area contributed by atoms with E-state index in [4.69, 9.17) is 10.8 Å². The maximum absolute atomic E-state index is 12.8. The van der Waals surface area contributed by atoms with Crippen molar-refractivity contribution in [2.24, 2.45) is 11.7 Å². The SMILES string of the molecule is CC(C)[C@H](N)C(=O)N(c1ccc2ccccc2n1)[C@H](C=O)CC(=O)O. The van der Waals surface area contributed by atoms with E-state index in [1.165, 1.54) is 0 Å². The summed E-state index contributed by atoms with van der Waals surface area (Å²) in [6.07, 6.45) is -0.0789. The molecule has 7 nitrogen and oxygen atoms in total. The molecule has 0 unspecified atom stereocenters. The molecule has 2 rings (SSSR count). The van der Waals surface area contributed by atoms with Crippen LogP contribution in [0.25, 0.3) is 10.9 Å². The molecule has 0 aliphatic rings. The summed E-state index contributed by atoms with van der Waals surface area (Å²) >= 11 is 0. The van der Waals surface area contributed by atoms with E-state index in [0.717, 1.165) is 10.3 Å². The minimum Gasteiger partial charge on any atom is -0.481 e. The van der Waals surface area contributed by atoms with Crippen LogP contribution >= 0.6 is 0 Å². The number of hydrogen-bond acceptors (Lipinski definition) is 5. The lowest BCUT2D eigenvalue weighted by atomic mass is 10.0. The first-order valence-corrected chi connectivity index (χ1v) is 7.96. The number of fused-ring (bicyclic) bond motifs is 1. The number of aromatic nitrogens is 1. The third kappa shape index (κ3) is 4.19. The van der Waals surface area contributed by atoms with E-state index in [-0.39, 0.29) is 11.7 Å². The maximum Gasteiger partial charge on any atom is 0.305 e. The minimum absolute atomic E-state index is 0.174. The number of carbonyl (C=O) groups is 3. The van der Waals surface area contributed by atoms with Gasteiger partial charge in [0.15, 0.2) is 0 Å². The van der Waals surface area contributed by atoms with Crippen molar-refractivity contribution in [3.8, 4) is 0 Å². The molecule has 0 saturated carbocycles. The second kappa shape index (κ2) is 7.85. The molecule has 1 aromatic heterocycles. The molecule has 0 saturated heterocycles. The summed E-state index contributed by atoms with van der Waals surface area (Å²) in [5.74, 6) is -1.68. The number of carbonyl (C=O) groups excluding carboxylic acids is 2. The molecule has 2 aromatic rings. The average molecular weight is 343 g/mol. The summed E-state index contributed by atoms with van der Waals surface area (Å²) in [4.78, 5) is 40.9. The van der Waals surface area contributed by atoms with Crippen LogP contribution in [0.15, 0.2) is 36.4 Å². The number of anilines is 1. The number of para-hydroxylation sites is 1. The minimum atomic E-state index is -1.19. The van der Waals surface area contributed by atoms with Gasteiger partial charge in [0.05, 0.1) is 18.0 Å². The number of amides is 1. The highest BCUT2D eigenvalue weighted by atomic mass is 16.4. The third-order valence-electron chi connectivity index (χ3n) is 3.94. The van der Waals surface area contributed by atoms with Crippen molar-refractivity contribution in [3.05, 3.63) is 36.4 Å². The number of carboxylic acid groups (broad SMARTS) is 1. The molecule has 25 heavy (non-hydrogen) atoms. The van der Waals surface area contributed by atoms with Gasteiger partial charge in [0.2, 0.25) is 5.91 Å². The van der Waals surface area contributed by atoms with Gasteiger partial charge in [-0.3, -0.25) is 14.5 Å². The molecule has 1 amide bonds. The van der Waals surface area contributed by atoms with Gasteiger partial charge < -0.3 is 15.6 Å². The molecule has 132 valence electrons. The first-order valence-electron chi connectivity index (χ1n) is 7.96. The van der Waals surface area contributed by atoms with Crippen LogP contribution in [0.3, 0.4) is 0 Å². The van der Waals surface area contributed by atoms with E-state index < -0.39 is 30.4 Å². The van der Waals surface area contributed by atoms with E-state index in [2.05, 4.69) is 4.98 Å². The normalized spacial score (nSPS) is 13.4. The summed E-state index contributed by atoms with van der Waals surface area (Å²) in [5.41, 5.74) is 6.59. The van der Waals surface area contributed by atoms with Crippen LogP contribution in [0.4, 0.5) is 5.82 Å². The smallest absolute Gasteiger partial charge is 0.305 e. The van der Waals surface area contributed by atoms with Crippen molar-refractivity contribution in [1.29, 1.82) is 0 Å². The van der Waals surface area contributed by atoms with E-state index in [9.17, 15) is 14.4 Å². The Morgan fingerprint density at radius 1 is 1.24 bits per heavy atom. The average Bonchev–Trinajstić information content (AvgIpc) is 2.59. The molecule has 0 fully saturated rings. The molecule has 0 bridgehead atoms. The van der Waals surface area contributed by atoms with Crippen LogP contribution < -0.4 is 10.6 Å². The predicted octanol–water partition coefficient (Wildman–Crippen LogP) is 1.59. The zero-order valence-corrected chi connectivity index (χ0v) is 14.1. The number of rotatable bonds is 7. The van der Waals surface area contributed by atoms with Gasteiger partial charge in [0.1, 0.15) is 18.1 Å². The van der Waals surface area contributed by atoms with Crippen LogP contribution in [-0.4, -0.2) is 40.3 Å². The second-order valence-electron chi connectivity index (χ2n) is 6.14. The molecule has 0 aliphatic heterocycles. The molecule has 2 atom stereocenters. The number of aliphatic carboxylic acids is 1. The van der Waals surface area contributed by atoms with E-state index in [1.54, 1.807) is 38.1 Å². The zero-order chi connectivity index (χ0) is 18.6. The summed E-state index contributed by atoms with van der Waals surface area (Å²) in [5, 5.41) is 9.93. The number of nitrogens with two attached hydrogens (primary N) is 1. The Labute approximate surface area is 145 Å². The topological polar surface area (TPSA) is 114 Å². The summed E-state index contributed by atoms with van der Waals surface area (Å²) in [6, 6.07) is 8.61. The number of benzene rings is 1. The Bertz CT molecular complexity index is 791. The van der Waals surface area contributed by atoms with Gasteiger partial charge in [-0.05, 0) is 24.1 Å². The molecule has 3 N–H and O–H groups in total. The van der Waals surface area contributed by atoms with Crippen LogP contribution in [-0.2, 0) is 14.4 Å². The highest BCUT2D eigenvalue weighted by Gasteiger charge is 2.32. The monoisotopic (exact) mass is 343 g/mol. The maximum atomic E-state index is 12.8. The predicted molar refractivity (Wildman–Crippen MR) is 94.1 cm³/mol. The van der Waals surface area contributed by atoms with Crippen LogP contribution in [0.2, 0.25) is 0 Å². The van der Waals surface area contributed by atoms with Gasteiger partial charge in [0, 0.05) is 5.39 Å². The number of nitrogens with zero attached hydrogens (tertiary/aromatic N) is 2. The molecule has 1 aromatic carbocycles.